The Morgan fingerprint density at radius 2 is 1.55 bits per heavy atom. The first kappa shape index (κ1) is 15.1. The maximum absolute atomic E-state index is 10.4. The van der Waals surface area contributed by atoms with Crippen LogP contribution in [0.1, 0.15) is 30.1 Å². The van der Waals surface area contributed by atoms with Crippen LogP contribution < -0.4 is 4.74 Å². The lowest BCUT2D eigenvalue weighted by atomic mass is 10.0. The summed E-state index contributed by atoms with van der Waals surface area (Å²) in [6.07, 6.45) is 2.04. The average Bonchev–Trinajstić information content (AvgIpc) is 3.09. The van der Waals surface area contributed by atoms with Gasteiger partial charge in [-0.25, -0.2) is 0 Å². The van der Waals surface area contributed by atoms with Crippen LogP contribution >= 0.6 is 0 Å². The number of hydrogen-bond acceptors (Lipinski definition) is 3. The number of nitrogens with zero attached hydrogens (tertiary/aromatic N) is 1. The van der Waals surface area contributed by atoms with Gasteiger partial charge < -0.3 is 9.84 Å². The zero-order valence-corrected chi connectivity index (χ0v) is 12.8. The van der Waals surface area contributed by atoms with Crippen LogP contribution in [0.5, 0.6) is 5.75 Å². The molecular formula is C19H23NO2. The maximum atomic E-state index is 10.4. The van der Waals surface area contributed by atoms with Crippen LogP contribution in [0.2, 0.25) is 0 Å². The molecule has 0 unspecified atom stereocenters. The van der Waals surface area contributed by atoms with Crippen LogP contribution in [-0.4, -0.2) is 36.2 Å². The molecule has 0 amide bonds. The van der Waals surface area contributed by atoms with Crippen molar-refractivity contribution < 1.29 is 9.84 Å². The third-order valence-electron chi connectivity index (χ3n) is 4.19. The number of benzene rings is 2. The highest BCUT2D eigenvalue weighted by Gasteiger charge is 2.11. The summed E-state index contributed by atoms with van der Waals surface area (Å²) in [5.41, 5.74) is 1.79. The SMILES string of the molecule is O[C@H](c1ccccc1)c1ccc(OCCN2CCCC2)cc1. The molecule has 1 fully saturated rings. The first-order valence-electron chi connectivity index (χ1n) is 8.01. The Bertz CT molecular complexity index is 562. The minimum absolute atomic E-state index is 0.583. The number of hydrogen-bond donors (Lipinski definition) is 1. The fourth-order valence-electron chi connectivity index (χ4n) is 2.87. The molecule has 0 radical (unpaired) electrons. The third-order valence-corrected chi connectivity index (χ3v) is 4.19. The summed E-state index contributed by atoms with van der Waals surface area (Å²) in [4.78, 5) is 2.44. The standard InChI is InChI=1S/C19H23NO2/c21-19(16-6-2-1-3-7-16)17-8-10-18(11-9-17)22-15-14-20-12-4-5-13-20/h1-3,6-11,19,21H,4-5,12-15H2/t19-/m1/s1. The van der Waals surface area contributed by atoms with Gasteiger partial charge in [-0.1, -0.05) is 42.5 Å². The topological polar surface area (TPSA) is 32.7 Å². The molecule has 3 nitrogen and oxygen atoms in total. The summed E-state index contributed by atoms with van der Waals surface area (Å²) in [7, 11) is 0. The minimum atomic E-state index is -0.583. The second kappa shape index (κ2) is 7.43. The zero-order valence-electron chi connectivity index (χ0n) is 12.8. The number of rotatable bonds is 6. The fourth-order valence-corrected chi connectivity index (χ4v) is 2.87. The molecule has 0 bridgehead atoms. The largest absolute Gasteiger partial charge is 0.492 e. The summed E-state index contributed by atoms with van der Waals surface area (Å²) >= 11 is 0. The van der Waals surface area contributed by atoms with E-state index in [1.807, 2.05) is 54.6 Å². The van der Waals surface area contributed by atoms with E-state index in [-0.39, 0.29) is 0 Å². The Morgan fingerprint density at radius 3 is 2.23 bits per heavy atom. The van der Waals surface area contributed by atoms with Crippen molar-refractivity contribution in [2.75, 3.05) is 26.2 Å². The molecule has 3 rings (SSSR count). The van der Waals surface area contributed by atoms with Gasteiger partial charge in [-0.2, -0.15) is 0 Å². The number of aliphatic hydroxyl groups excluding tert-OH is 1. The third kappa shape index (κ3) is 3.87. The molecule has 1 aliphatic heterocycles. The van der Waals surface area contributed by atoms with Crippen LogP contribution in [-0.2, 0) is 0 Å². The van der Waals surface area contributed by atoms with E-state index in [0.29, 0.717) is 0 Å². The van der Waals surface area contributed by atoms with Crippen molar-refractivity contribution >= 4 is 0 Å². The van der Waals surface area contributed by atoms with Crippen molar-refractivity contribution in [2.24, 2.45) is 0 Å². The second-order valence-corrected chi connectivity index (χ2v) is 5.78. The normalized spacial score (nSPS) is 16.6. The van der Waals surface area contributed by atoms with E-state index < -0.39 is 6.10 Å². The van der Waals surface area contributed by atoms with E-state index >= 15 is 0 Å². The molecule has 0 aromatic heterocycles. The van der Waals surface area contributed by atoms with Crippen molar-refractivity contribution in [1.29, 1.82) is 0 Å². The Labute approximate surface area is 132 Å². The predicted molar refractivity (Wildman–Crippen MR) is 88.1 cm³/mol. The molecule has 0 aliphatic carbocycles. The van der Waals surface area contributed by atoms with Gasteiger partial charge in [0.05, 0.1) is 0 Å². The lowest BCUT2D eigenvalue weighted by Crippen LogP contribution is -2.25. The number of ether oxygens (including phenoxy) is 1. The molecular weight excluding hydrogens is 274 g/mol. The van der Waals surface area contributed by atoms with Crippen molar-refractivity contribution in [3.8, 4) is 5.75 Å². The molecule has 2 aromatic rings. The van der Waals surface area contributed by atoms with Crippen LogP contribution in [0.15, 0.2) is 54.6 Å². The molecule has 1 aliphatic rings. The van der Waals surface area contributed by atoms with E-state index in [9.17, 15) is 5.11 Å². The first-order valence-corrected chi connectivity index (χ1v) is 8.01. The van der Waals surface area contributed by atoms with Crippen molar-refractivity contribution in [3.05, 3.63) is 65.7 Å². The minimum Gasteiger partial charge on any atom is -0.492 e. The summed E-state index contributed by atoms with van der Waals surface area (Å²) in [6.45, 7) is 4.12. The molecule has 1 saturated heterocycles. The highest BCUT2D eigenvalue weighted by atomic mass is 16.5. The predicted octanol–water partition coefficient (Wildman–Crippen LogP) is 3.24. The van der Waals surface area contributed by atoms with E-state index in [4.69, 9.17) is 4.74 Å². The van der Waals surface area contributed by atoms with Gasteiger partial charge in [-0.3, -0.25) is 4.90 Å². The fraction of sp³-hybridized carbons (Fsp3) is 0.368. The Morgan fingerprint density at radius 1 is 0.909 bits per heavy atom. The summed E-state index contributed by atoms with van der Waals surface area (Å²) in [5.74, 6) is 0.864. The van der Waals surface area contributed by atoms with E-state index in [2.05, 4.69) is 4.90 Å². The van der Waals surface area contributed by atoms with Gasteiger partial charge in [0.15, 0.2) is 0 Å². The smallest absolute Gasteiger partial charge is 0.119 e. The van der Waals surface area contributed by atoms with E-state index in [1.165, 1.54) is 25.9 Å². The summed E-state index contributed by atoms with van der Waals surface area (Å²) in [5, 5.41) is 10.4. The molecule has 3 heteroatoms. The van der Waals surface area contributed by atoms with Gasteiger partial charge in [-0.05, 0) is 49.2 Å². The lowest BCUT2D eigenvalue weighted by molar-refractivity contribution is 0.219. The Kier molecular flexibility index (Phi) is 5.09. The highest BCUT2D eigenvalue weighted by molar-refractivity contribution is 5.33. The number of likely N-dealkylation sites (tertiary alicyclic amines) is 1. The van der Waals surface area contributed by atoms with Gasteiger partial charge >= 0.3 is 0 Å². The maximum Gasteiger partial charge on any atom is 0.119 e. The van der Waals surface area contributed by atoms with Crippen molar-refractivity contribution in [2.45, 2.75) is 18.9 Å². The summed E-state index contributed by atoms with van der Waals surface area (Å²) < 4.78 is 5.79. The molecule has 1 N–H and O–H groups in total. The Hall–Kier alpha value is -1.84. The van der Waals surface area contributed by atoms with Crippen molar-refractivity contribution in [1.82, 2.24) is 4.90 Å². The van der Waals surface area contributed by atoms with Crippen LogP contribution in [0.4, 0.5) is 0 Å². The van der Waals surface area contributed by atoms with E-state index in [0.717, 1.165) is 30.0 Å². The molecule has 1 atom stereocenters. The molecule has 22 heavy (non-hydrogen) atoms. The van der Waals surface area contributed by atoms with Crippen molar-refractivity contribution in [3.63, 3.8) is 0 Å². The quantitative estimate of drug-likeness (QED) is 0.888. The highest BCUT2D eigenvalue weighted by Crippen LogP contribution is 2.23. The first-order chi connectivity index (χ1) is 10.8. The number of aliphatic hydroxyl groups is 1. The van der Waals surface area contributed by atoms with Crippen LogP contribution in [0.25, 0.3) is 0 Å². The molecule has 0 saturated carbocycles. The van der Waals surface area contributed by atoms with Gasteiger partial charge in [0.2, 0.25) is 0 Å². The molecule has 0 spiro atoms. The summed E-state index contributed by atoms with van der Waals surface area (Å²) in [6, 6.07) is 17.4. The van der Waals surface area contributed by atoms with Crippen LogP contribution in [0, 0.1) is 0 Å². The van der Waals surface area contributed by atoms with Gasteiger partial charge in [0.25, 0.3) is 0 Å². The second-order valence-electron chi connectivity index (χ2n) is 5.78. The Balaban J connectivity index is 1.53. The van der Waals surface area contributed by atoms with Gasteiger partial charge in [-0.15, -0.1) is 0 Å². The lowest BCUT2D eigenvalue weighted by Gasteiger charge is -2.15. The molecule has 116 valence electrons. The van der Waals surface area contributed by atoms with Gasteiger partial charge in [0.1, 0.15) is 18.5 Å². The van der Waals surface area contributed by atoms with Gasteiger partial charge in [0, 0.05) is 6.54 Å². The van der Waals surface area contributed by atoms with Crippen LogP contribution in [0.3, 0.4) is 0 Å². The molecule has 2 aromatic carbocycles. The molecule has 1 heterocycles. The van der Waals surface area contributed by atoms with E-state index in [1.54, 1.807) is 0 Å². The zero-order chi connectivity index (χ0) is 15.2. The monoisotopic (exact) mass is 297 g/mol. The average molecular weight is 297 g/mol.